The van der Waals surface area contributed by atoms with Crippen LogP contribution in [-0.2, 0) is 13.6 Å². The van der Waals surface area contributed by atoms with Crippen LogP contribution in [0.1, 0.15) is 5.69 Å². The molecule has 3 heteroatoms. The molecule has 0 unspecified atom stereocenters. The average molecular weight is 112 g/mol. The number of hydrogen-bond acceptors (Lipinski definition) is 1. The summed E-state index contributed by atoms with van der Waals surface area (Å²) in [6.07, 6.45) is 3.60. The molecule has 0 aliphatic carbocycles. The highest BCUT2D eigenvalue weighted by atomic mass is 15.0. The van der Waals surface area contributed by atoms with Gasteiger partial charge in [-0.05, 0) is 0 Å². The second kappa shape index (κ2) is 1.96. The van der Waals surface area contributed by atoms with E-state index in [1.807, 2.05) is 17.8 Å². The molecule has 3 nitrogen and oxygen atoms in total. The highest BCUT2D eigenvalue weighted by molar-refractivity contribution is 4.93. The fourth-order valence-corrected chi connectivity index (χ4v) is 0.626. The topological polar surface area (TPSA) is 45.5 Å². The van der Waals surface area contributed by atoms with Crippen molar-refractivity contribution in [2.45, 2.75) is 6.54 Å². The van der Waals surface area contributed by atoms with Gasteiger partial charge in [-0.1, -0.05) is 0 Å². The number of hydrogen-bond donors (Lipinski definition) is 1. The molecule has 8 heavy (non-hydrogen) atoms. The highest BCUT2D eigenvalue weighted by Gasteiger charge is 1.92. The molecule has 1 rings (SSSR count). The van der Waals surface area contributed by atoms with Gasteiger partial charge in [0.2, 0.25) is 0 Å². The van der Waals surface area contributed by atoms with Crippen LogP contribution in [0.2, 0.25) is 0 Å². The predicted octanol–water partition coefficient (Wildman–Crippen LogP) is -0.838. The fraction of sp³-hybridized carbons (Fsp3) is 0.400. The number of nitrogens with zero attached hydrogens (tertiary/aromatic N) is 2. The lowest BCUT2D eigenvalue weighted by Gasteiger charge is -1.90. The van der Waals surface area contributed by atoms with E-state index in [0.29, 0.717) is 0 Å². The van der Waals surface area contributed by atoms with Crippen LogP contribution in [0.5, 0.6) is 0 Å². The number of rotatable bonds is 1. The lowest BCUT2D eigenvalue weighted by atomic mass is 10.5. The Morgan fingerprint density at radius 2 is 2.62 bits per heavy atom. The lowest BCUT2D eigenvalue weighted by molar-refractivity contribution is -0.387. The Bertz CT molecular complexity index is 168. The Morgan fingerprint density at radius 3 is 2.88 bits per heavy atom. The van der Waals surface area contributed by atoms with E-state index in [1.165, 1.54) is 5.69 Å². The summed E-state index contributed by atoms with van der Waals surface area (Å²) in [7, 11) is 1.97. The third-order valence-corrected chi connectivity index (χ3v) is 1.17. The molecule has 0 amide bonds. The molecular weight excluding hydrogens is 102 g/mol. The fourth-order valence-electron chi connectivity index (χ4n) is 0.626. The molecule has 0 saturated carbocycles. The van der Waals surface area contributed by atoms with Gasteiger partial charge >= 0.3 is 0 Å². The molecule has 0 fully saturated rings. The number of imidazole rings is 1. The summed E-state index contributed by atoms with van der Waals surface area (Å²) in [5.41, 5.74) is 4.90. The summed E-state index contributed by atoms with van der Waals surface area (Å²) in [6, 6.07) is 0. The normalized spacial score (nSPS) is 9.75. The Hall–Kier alpha value is -0.830. The van der Waals surface area contributed by atoms with Crippen LogP contribution in [0.3, 0.4) is 0 Å². The zero-order valence-corrected chi connectivity index (χ0v) is 4.96. The Balaban J connectivity index is 2.92. The van der Waals surface area contributed by atoms with Crippen molar-refractivity contribution in [1.29, 1.82) is 0 Å². The molecule has 1 aromatic heterocycles. The van der Waals surface area contributed by atoms with Crippen LogP contribution >= 0.6 is 0 Å². The number of quaternary nitrogens is 1. The molecule has 1 aromatic rings. The molecule has 1 heterocycles. The third-order valence-electron chi connectivity index (χ3n) is 1.17. The molecule has 0 aliphatic rings. The summed E-state index contributed by atoms with van der Waals surface area (Å²) in [5, 5.41) is 0. The van der Waals surface area contributed by atoms with Crippen molar-refractivity contribution >= 4 is 0 Å². The minimum atomic E-state index is 0.816. The molecule has 0 bridgehead atoms. The van der Waals surface area contributed by atoms with E-state index in [2.05, 4.69) is 10.7 Å². The largest absolute Gasteiger partial charge is 0.353 e. The van der Waals surface area contributed by atoms with Crippen LogP contribution in [0.15, 0.2) is 12.5 Å². The first-order valence-corrected chi connectivity index (χ1v) is 2.59. The first-order chi connectivity index (χ1) is 3.84. The van der Waals surface area contributed by atoms with E-state index < -0.39 is 0 Å². The summed E-state index contributed by atoms with van der Waals surface area (Å²) in [4.78, 5) is 3.92. The zero-order valence-electron chi connectivity index (χ0n) is 4.96. The van der Waals surface area contributed by atoms with Gasteiger partial charge in [-0.15, -0.1) is 0 Å². The monoisotopic (exact) mass is 112 g/mol. The molecule has 3 N–H and O–H groups in total. The molecule has 0 radical (unpaired) electrons. The molecule has 0 aliphatic heterocycles. The van der Waals surface area contributed by atoms with Gasteiger partial charge in [-0.3, -0.25) is 0 Å². The van der Waals surface area contributed by atoms with Gasteiger partial charge in [-0.2, -0.15) is 0 Å². The van der Waals surface area contributed by atoms with Crippen molar-refractivity contribution in [2.24, 2.45) is 7.05 Å². The van der Waals surface area contributed by atoms with Crippen molar-refractivity contribution in [1.82, 2.24) is 9.55 Å². The number of aromatic nitrogens is 2. The van der Waals surface area contributed by atoms with E-state index in [4.69, 9.17) is 0 Å². The van der Waals surface area contributed by atoms with Crippen molar-refractivity contribution in [3.05, 3.63) is 18.2 Å². The quantitative estimate of drug-likeness (QED) is 0.506. The van der Waals surface area contributed by atoms with Crippen LogP contribution < -0.4 is 5.73 Å². The Labute approximate surface area is 48.1 Å². The first kappa shape index (κ1) is 5.31. The third kappa shape index (κ3) is 0.721. The number of aryl methyl sites for hydroxylation is 1. The second-order valence-electron chi connectivity index (χ2n) is 1.75. The standard InChI is InChI=1S/C5H9N3/c1-8-4-7-3-5(8)2-6/h3-4H,2,6H2,1H3/p+1. The maximum atomic E-state index is 3.92. The van der Waals surface area contributed by atoms with Crippen molar-refractivity contribution in [3.63, 3.8) is 0 Å². The van der Waals surface area contributed by atoms with Crippen LogP contribution in [0.4, 0.5) is 0 Å². The smallest absolute Gasteiger partial charge is 0.117 e. The molecule has 0 atom stereocenters. The van der Waals surface area contributed by atoms with E-state index in [9.17, 15) is 0 Å². The SMILES string of the molecule is Cn1cncc1C[NH3+]. The maximum absolute atomic E-state index is 3.92. The van der Waals surface area contributed by atoms with E-state index >= 15 is 0 Å². The van der Waals surface area contributed by atoms with Gasteiger partial charge in [0, 0.05) is 7.05 Å². The van der Waals surface area contributed by atoms with E-state index in [1.54, 1.807) is 6.33 Å². The van der Waals surface area contributed by atoms with Crippen molar-refractivity contribution in [2.75, 3.05) is 0 Å². The van der Waals surface area contributed by atoms with Gasteiger partial charge in [0.15, 0.2) is 0 Å². The second-order valence-corrected chi connectivity index (χ2v) is 1.75. The van der Waals surface area contributed by atoms with Gasteiger partial charge in [0.05, 0.1) is 18.2 Å². The molecule has 0 spiro atoms. The van der Waals surface area contributed by atoms with E-state index in [0.717, 1.165) is 6.54 Å². The Morgan fingerprint density at radius 1 is 1.88 bits per heavy atom. The zero-order chi connectivity index (χ0) is 5.98. The minimum Gasteiger partial charge on any atom is -0.353 e. The predicted molar refractivity (Wildman–Crippen MR) is 29.8 cm³/mol. The Kier molecular flexibility index (Phi) is 1.30. The summed E-state index contributed by atoms with van der Waals surface area (Å²) >= 11 is 0. The van der Waals surface area contributed by atoms with Crippen LogP contribution in [0, 0.1) is 0 Å². The first-order valence-electron chi connectivity index (χ1n) is 2.59. The summed E-state index contributed by atoms with van der Waals surface area (Å²) in [6.45, 7) is 0.816. The van der Waals surface area contributed by atoms with E-state index in [-0.39, 0.29) is 0 Å². The van der Waals surface area contributed by atoms with Crippen LogP contribution in [-0.4, -0.2) is 9.55 Å². The van der Waals surface area contributed by atoms with Crippen LogP contribution in [0.25, 0.3) is 0 Å². The highest BCUT2D eigenvalue weighted by Crippen LogP contribution is 1.90. The van der Waals surface area contributed by atoms with Crippen molar-refractivity contribution < 1.29 is 5.73 Å². The molecule has 0 saturated heterocycles. The molecular formula is C5H10N3+. The van der Waals surface area contributed by atoms with Gasteiger partial charge in [-0.25, -0.2) is 4.98 Å². The average Bonchev–Trinajstić information content (AvgIpc) is 2.14. The van der Waals surface area contributed by atoms with Gasteiger partial charge in [0.1, 0.15) is 6.54 Å². The van der Waals surface area contributed by atoms with Crippen molar-refractivity contribution in [3.8, 4) is 0 Å². The molecule has 44 valence electrons. The summed E-state index contributed by atoms with van der Waals surface area (Å²) in [5.74, 6) is 0. The lowest BCUT2D eigenvalue weighted by Crippen LogP contribution is -2.48. The maximum Gasteiger partial charge on any atom is 0.117 e. The molecule has 0 aromatic carbocycles. The summed E-state index contributed by atoms with van der Waals surface area (Å²) < 4.78 is 1.97. The van der Waals surface area contributed by atoms with Gasteiger partial charge < -0.3 is 10.3 Å². The minimum absolute atomic E-state index is 0.816. The van der Waals surface area contributed by atoms with Gasteiger partial charge in [0.25, 0.3) is 0 Å².